The summed E-state index contributed by atoms with van der Waals surface area (Å²) in [6.07, 6.45) is 8.16. The third-order valence-electron chi connectivity index (χ3n) is 5.69. The number of rotatable bonds is 6. The van der Waals surface area contributed by atoms with Crippen molar-refractivity contribution in [2.75, 3.05) is 5.32 Å². The van der Waals surface area contributed by atoms with E-state index in [4.69, 9.17) is 5.73 Å². The number of primary amides is 1. The summed E-state index contributed by atoms with van der Waals surface area (Å²) in [5.41, 5.74) is 8.11. The van der Waals surface area contributed by atoms with Crippen LogP contribution in [-0.2, 0) is 10.2 Å². The lowest BCUT2D eigenvalue weighted by molar-refractivity contribution is -0.122. The molecule has 1 aromatic carbocycles. The van der Waals surface area contributed by atoms with E-state index in [1.165, 1.54) is 6.42 Å². The lowest BCUT2D eigenvalue weighted by Gasteiger charge is -2.43. The molecule has 1 heterocycles. The van der Waals surface area contributed by atoms with Gasteiger partial charge in [0.25, 0.3) is 0 Å². The second-order valence-corrected chi connectivity index (χ2v) is 7.92. The lowest BCUT2D eigenvalue weighted by Crippen LogP contribution is -2.53. The molecule has 1 aliphatic rings. The van der Waals surface area contributed by atoms with Gasteiger partial charge in [-0.15, -0.1) is 0 Å². The van der Waals surface area contributed by atoms with E-state index < -0.39 is 5.54 Å². The molecule has 0 aliphatic heterocycles. The van der Waals surface area contributed by atoms with Crippen molar-refractivity contribution in [3.05, 3.63) is 59.9 Å². The van der Waals surface area contributed by atoms with Gasteiger partial charge in [0.2, 0.25) is 5.91 Å². The minimum absolute atomic E-state index is 0.111. The van der Waals surface area contributed by atoms with Crippen LogP contribution in [-0.4, -0.2) is 16.4 Å². The van der Waals surface area contributed by atoms with Crippen molar-refractivity contribution in [2.24, 2.45) is 5.73 Å². The Labute approximate surface area is 156 Å². The van der Waals surface area contributed by atoms with E-state index in [1.54, 1.807) is 0 Å². The van der Waals surface area contributed by atoms with Gasteiger partial charge in [-0.1, -0.05) is 37.5 Å². The van der Waals surface area contributed by atoms with E-state index in [2.05, 4.69) is 22.4 Å². The average molecular weight is 351 g/mol. The molecule has 0 radical (unpaired) electrons. The number of aromatic nitrogens is 1. The number of benzene rings is 1. The molecule has 1 unspecified atom stereocenters. The number of nitrogens with two attached hydrogens (primary N) is 1. The zero-order chi connectivity index (χ0) is 18.6. The van der Waals surface area contributed by atoms with Gasteiger partial charge >= 0.3 is 0 Å². The van der Waals surface area contributed by atoms with Crippen LogP contribution >= 0.6 is 0 Å². The Morgan fingerprint density at radius 1 is 1.19 bits per heavy atom. The average Bonchev–Trinajstić information content (AvgIpc) is 2.63. The number of carbonyl (C=O) groups excluding carboxylic acids is 1. The number of anilines is 1. The molecule has 4 nitrogen and oxygen atoms in total. The molecule has 0 bridgehead atoms. The van der Waals surface area contributed by atoms with Crippen LogP contribution in [0.25, 0.3) is 0 Å². The quantitative estimate of drug-likeness (QED) is 0.813. The Bertz CT molecular complexity index is 753. The van der Waals surface area contributed by atoms with Gasteiger partial charge in [-0.05, 0) is 62.9 Å². The number of amides is 1. The van der Waals surface area contributed by atoms with Crippen molar-refractivity contribution in [3.8, 4) is 0 Å². The number of aryl methyl sites for hydroxylation is 1. The first-order valence-electron chi connectivity index (χ1n) is 9.50. The Balaban J connectivity index is 1.94. The van der Waals surface area contributed by atoms with Gasteiger partial charge in [0.1, 0.15) is 5.54 Å². The molecule has 1 aromatic heterocycles. The maximum absolute atomic E-state index is 12.5. The highest BCUT2D eigenvalue weighted by Gasteiger charge is 2.44. The molecule has 2 aromatic rings. The third kappa shape index (κ3) is 3.90. The molecule has 4 heteroatoms. The molecular weight excluding hydrogens is 322 g/mol. The summed E-state index contributed by atoms with van der Waals surface area (Å²) in [5, 5.41) is 3.44. The largest absolute Gasteiger partial charge is 0.371 e. The number of carbonyl (C=O) groups is 1. The van der Waals surface area contributed by atoms with Gasteiger partial charge in [-0.2, -0.15) is 0 Å². The fourth-order valence-electron chi connectivity index (χ4n) is 4.34. The van der Waals surface area contributed by atoms with E-state index in [0.717, 1.165) is 42.6 Å². The normalized spacial score (nSPS) is 18.7. The van der Waals surface area contributed by atoms with Crippen molar-refractivity contribution in [1.82, 2.24) is 4.98 Å². The monoisotopic (exact) mass is 351 g/mol. The smallest absolute Gasteiger partial charge is 0.242 e. The molecule has 0 spiro atoms. The molecule has 1 aliphatic carbocycles. The van der Waals surface area contributed by atoms with Gasteiger partial charge in [-0.3, -0.25) is 9.78 Å². The number of hydrogen-bond acceptors (Lipinski definition) is 3. The van der Waals surface area contributed by atoms with Gasteiger partial charge in [0.15, 0.2) is 0 Å². The van der Waals surface area contributed by atoms with E-state index in [0.29, 0.717) is 6.42 Å². The van der Waals surface area contributed by atoms with Crippen LogP contribution in [0.1, 0.15) is 56.7 Å². The number of pyridine rings is 1. The maximum atomic E-state index is 12.5. The fourth-order valence-corrected chi connectivity index (χ4v) is 4.34. The van der Waals surface area contributed by atoms with Gasteiger partial charge in [0.05, 0.1) is 0 Å². The Hall–Kier alpha value is -2.36. The van der Waals surface area contributed by atoms with Crippen LogP contribution in [0.2, 0.25) is 0 Å². The minimum atomic E-state index is -0.831. The van der Waals surface area contributed by atoms with Crippen LogP contribution < -0.4 is 11.1 Å². The predicted octanol–water partition coefficient (Wildman–Crippen LogP) is 4.34. The topological polar surface area (TPSA) is 68.0 Å². The number of nitrogens with zero attached hydrogens (tertiary/aromatic N) is 1. The highest BCUT2D eigenvalue weighted by molar-refractivity contribution is 5.87. The Kier molecular flexibility index (Phi) is 5.30. The minimum Gasteiger partial charge on any atom is -0.371 e. The molecule has 1 fully saturated rings. The molecule has 3 N–H and O–H groups in total. The highest BCUT2D eigenvalue weighted by Crippen LogP contribution is 2.44. The summed E-state index contributed by atoms with van der Waals surface area (Å²) in [6, 6.07) is 14.2. The zero-order valence-corrected chi connectivity index (χ0v) is 15.8. The van der Waals surface area contributed by atoms with Crippen molar-refractivity contribution < 1.29 is 4.79 Å². The molecule has 1 atom stereocenters. The van der Waals surface area contributed by atoms with Gasteiger partial charge < -0.3 is 11.1 Å². The van der Waals surface area contributed by atoms with E-state index in [-0.39, 0.29) is 11.3 Å². The molecule has 0 saturated heterocycles. The second kappa shape index (κ2) is 7.48. The SMILES string of the molecule is Cc1cccc(NC(C)(CC2(c3ccccn3)CCCCC2)C(N)=O)c1. The summed E-state index contributed by atoms with van der Waals surface area (Å²) in [6.45, 7) is 3.97. The summed E-state index contributed by atoms with van der Waals surface area (Å²) in [7, 11) is 0. The molecule has 3 rings (SSSR count). The highest BCUT2D eigenvalue weighted by atomic mass is 16.1. The first-order valence-corrected chi connectivity index (χ1v) is 9.50. The Morgan fingerprint density at radius 2 is 1.96 bits per heavy atom. The van der Waals surface area contributed by atoms with Crippen molar-refractivity contribution in [3.63, 3.8) is 0 Å². The predicted molar refractivity (Wildman–Crippen MR) is 106 cm³/mol. The van der Waals surface area contributed by atoms with Crippen LogP contribution in [0.3, 0.4) is 0 Å². The molecule has 138 valence electrons. The third-order valence-corrected chi connectivity index (χ3v) is 5.69. The zero-order valence-electron chi connectivity index (χ0n) is 15.8. The Morgan fingerprint density at radius 3 is 2.58 bits per heavy atom. The summed E-state index contributed by atoms with van der Waals surface area (Å²) < 4.78 is 0. The number of hydrogen-bond donors (Lipinski definition) is 2. The van der Waals surface area contributed by atoms with E-state index in [9.17, 15) is 4.79 Å². The van der Waals surface area contributed by atoms with Crippen LogP contribution in [0.5, 0.6) is 0 Å². The van der Waals surface area contributed by atoms with Crippen molar-refractivity contribution >= 4 is 11.6 Å². The number of nitrogens with one attached hydrogen (secondary N) is 1. The van der Waals surface area contributed by atoms with Crippen LogP contribution in [0.15, 0.2) is 48.7 Å². The van der Waals surface area contributed by atoms with Gasteiger partial charge in [-0.25, -0.2) is 0 Å². The molecular formula is C22H29N3O. The molecule has 1 amide bonds. The summed E-state index contributed by atoms with van der Waals surface area (Å²) in [5.74, 6) is -0.320. The van der Waals surface area contributed by atoms with E-state index >= 15 is 0 Å². The fraction of sp³-hybridized carbons (Fsp3) is 0.455. The van der Waals surface area contributed by atoms with E-state index in [1.807, 2.05) is 50.4 Å². The van der Waals surface area contributed by atoms with Crippen molar-refractivity contribution in [1.29, 1.82) is 0 Å². The molecule has 1 saturated carbocycles. The van der Waals surface area contributed by atoms with Crippen LogP contribution in [0.4, 0.5) is 5.69 Å². The standard InChI is InChI=1S/C22H29N3O/c1-17-9-8-10-18(15-17)25-21(2,20(23)26)16-22(12-5-3-6-13-22)19-11-4-7-14-24-19/h4,7-11,14-15,25H,3,5-6,12-13,16H2,1-2H3,(H2,23,26). The van der Waals surface area contributed by atoms with Crippen molar-refractivity contribution in [2.45, 2.75) is 63.3 Å². The van der Waals surface area contributed by atoms with Crippen LogP contribution in [0, 0.1) is 6.92 Å². The first-order chi connectivity index (χ1) is 12.4. The summed E-state index contributed by atoms with van der Waals surface area (Å²) >= 11 is 0. The lowest BCUT2D eigenvalue weighted by atomic mass is 9.65. The maximum Gasteiger partial charge on any atom is 0.242 e. The summed E-state index contributed by atoms with van der Waals surface area (Å²) in [4.78, 5) is 17.2. The molecule has 26 heavy (non-hydrogen) atoms. The van der Waals surface area contributed by atoms with Gasteiger partial charge in [0, 0.05) is 23.0 Å². The second-order valence-electron chi connectivity index (χ2n) is 7.92. The first kappa shape index (κ1) is 18.4.